The van der Waals surface area contributed by atoms with Gasteiger partial charge in [-0.15, -0.1) is 13.1 Å². The molecule has 0 aromatic carbocycles. The van der Waals surface area contributed by atoms with E-state index < -0.39 is 37.9 Å². The lowest BCUT2D eigenvalue weighted by Crippen LogP contribution is -2.33. The number of hydrogen-bond acceptors (Lipinski definition) is 4. The Morgan fingerprint density at radius 3 is 0.538 bits per heavy atom. The second-order valence-corrected chi connectivity index (χ2v) is 32.7. The summed E-state index contributed by atoms with van der Waals surface area (Å²) in [5.74, 6) is 0. The molecule has 0 fully saturated rings. The standard InChI is InChI=1S/C24H72N16P5.C6H14N/c1-29(2)42(30(3)4,31(5)6)25-41(26-43(32(7)8,33(9)10)34(11)12,27-44(35(13)14,36(15)16)37(17)18)28-45(38(19)20,39(21)22)40(23)24;1-3-5-7-6-4-2/h1-24H3;3-6H2,1-2H3/q+1;-1. The van der Waals surface area contributed by atoms with Gasteiger partial charge in [0.2, 0.25) is 30.0 Å². The number of hydrogen-bond donors (Lipinski definition) is 0. The highest BCUT2D eigenvalue weighted by atomic mass is 31.3. The average molecular weight is 840 g/mol. The smallest absolute Gasteiger partial charge is 0.502 e. The van der Waals surface area contributed by atoms with E-state index in [0.717, 1.165) is 13.1 Å². The molecule has 0 aromatic heterocycles. The van der Waals surface area contributed by atoms with Crippen LogP contribution in [0.4, 0.5) is 0 Å². The van der Waals surface area contributed by atoms with Crippen LogP contribution in [0.15, 0.2) is 18.1 Å². The third-order valence-corrected chi connectivity index (χ3v) is 28.7. The van der Waals surface area contributed by atoms with Crippen LogP contribution in [0.2, 0.25) is 0 Å². The van der Waals surface area contributed by atoms with E-state index in [-0.39, 0.29) is 0 Å². The Balaban J connectivity index is 0. The van der Waals surface area contributed by atoms with Crippen molar-refractivity contribution in [3.8, 4) is 0 Å². The van der Waals surface area contributed by atoms with Gasteiger partial charge in [0.15, 0.2) is 0 Å². The van der Waals surface area contributed by atoms with Crippen molar-refractivity contribution < 1.29 is 0 Å². The molecular weight excluding hydrogens is 753 g/mol. The van der Waals surface area contributed by atoms with Gasteiger partial charge in [-0.2, -0.15) is 0 Å². The highest BCUT2D eigenvalue weighted by Gasteiger charge is 2.56. The molecule has 0 rings (SSSR count). The number of rotatable bonds is 20. The van der Waals surface area contributed by atoms with E-state index in [1.807, 2.05) is 0 Å². The van der Waals surface area contributed by atoms with Crippen LogP contribution in [-0.4, -0.2) is 238 Å². The molecule has 0 unspecified atom stereocenters. The first-order valence-corrected chi connectivity index (χ1v) is 25.8. The van der Waals surface area contributed by atoms with Crippen LogP contribution in [0.25, 0.3) is 5.32 Å². The summed E-state index contributed by atoms with van der Waals surface area (Å²) in [6, 6.07) is 0. The minimum absolute atomic E-state index is 1.05. The fourth-order valence-corrected chi connectivity index (χ4v) is 30.6. The van der Waals surface area contributed by atoms with E-state index in [2.05, 4.69) is 244 Å². The molecule has 0 aliphatic heterocycles. The van der Waals surface area contributed by atoms with Crippen LogP contribution in [-0.2, 0) is 0 Å². The minimum Gasteiger partial charge on any atom is -0.662 e. The largest absolute Gasteiger partial charge is 0.662 e. The zero-order valence-corrected chi connectivity index (χ0v) is 43.1. The van der Waals surface area contributed by atoms with Crippen molar-refractivity contribution in [3.05, 3.63) is 5.32 Å². The van der Waals surface area contributed by atoms with Crippen LogP contribution in [0.3, 0.4) is 0 Å². The maximum atomic E-state index is 6.08. The van der Waals surface area contributed by atoms with Gasteiger partial charge in [-0.1, -0.05) is 26.7 Å². The van der Waals surface area contributed by atoms with Gasteiger partial charge in [-0.3, -0.25) is 0 Å². The van der Waals surface area contributed by atoms with E-state index in [1.54, 1.807) is 0 Å². The molecule has 0 atom stereocenters. The van der Waals surface area contributed by atoms with Crippen molar-refractivity contribution in [1.29, 1.82) is 0 Å². The van der Waals surface area contributed by atoms with E-state index in [9.17, 15) is 0 Å². The normalized spacial score (nSPS) is 14.1. The lowest BCUT2D eigenvalue weighted by molar-refractivity contribution is 0.470. The Labute approximate surface area is 325 Å². The third-order valence-electron chi connectivity index (χ3n) is 8.16. The first kappa shape index (κ1) is 54.9. The summed E-state index contributed by atoms with van der Waals surface area (Å²) in [5.41, 5.74) is 0. The van der Waals surface area contributed by atoms with E-state index in [4.69, 9.17) is 18.1 Å². The maximum absolute atomic E-state index is 6.08. The second kappa shape index (κ2) is 23.3. The molecule has 0 saturated heterocycles. The molecule has 0 spiro atoms. The van der Waals surface area contributed by atoms with Crippen LogP contribution < -0.4 is 0 Å². The lowest BCUT2D eigenvalue weighted by atomic mass is 10.4. The van der Waals surface area contributed by atoms with Gasteiger partial charge in [0.25, 0.3) is 0 Å². The lowest BCUT2D eigenvalue weighted by Gasteiger charge is -2.44. The maximum Gasteiger partial charge on any atom is 0.502 e. The zero-order chi connectivity index (χ0) is 41.8. The molecule has 0 aliphatic carbocycles. The first-order valence-electron chi connectivity index (χ1n) is 17.8. The zero-order valence-electron chi connectivity index (χ0n) is 38.7. The van der Waals surface area contributed by atoms with Crippen molar-refractivity contribution in [1.82, 2.24) is 56.0 Å². The fourth-order valence-electron chi connectivity index (χ4n) is 6.43. The molecular formula is C30H86N17P5. The highest BCUT2D eigenvalue weighted by molar-refractivity contribution is 7.87. The fraction of sp³-hybridized carbons (Fsp3) is 1.00. The first-order chi connectivity index (χ1) is 23.6. The molecule has 0 saturated carbocycles. The summed E-state index contributed by atoms with van der Waals surface area (Å²) in [6.45, 7) is 6.40. The van der Waals surface area contributed by atoms with Gasteiger partial charge in [-0.25, -0.2) is 56.0 Å². The SMILES string of the molecule is CCC[N-]CCC.CN(C)P(=N[P+](N=P(N(C)C)(N(C)C)N(C)C)(N=P(N(C)C)(N(C)C)N(C)C)N=P(N(C)C)(N(C)C)N(C)C)(N(C)C)N(C)C. The Kier molecular flexibility index (Phi) is 24.6. The summed E-state index contributed by atoms with van der Waals surface area (Å²) >= 11 is 0. The van der Waals surface area contributed by atoms with Gasteiger partial charge in [0.05, 0.1) is 0 Å². The topological polar surface area (TPSA) is 102 Å². The van der Waals surface area contributed by atoms with E-state index in [1.165, 1.54) is 12.8 Å². The van der Waals surface area contributed by atoms with Crippen molar-refractivity contribution in [2.45, 2.75) is 26.7 Å². The van der Waals surface area contributed by atoms with Gasteiger partial charge in [0, 0.05) is 0 Å². The highest BCUT2D eigenvalue weighted by Crippen LogP contribution is 2.86. The summed E-state index contributed by atoms with van der Waals surface area (Å²) in [4.78, 5) is 0. The molecule has 0 bridgehead atoms. The Hall–Kier alpha value is 0.830. The van der Waals surface area contributed by atoms with Crippen LogP contribution in [0.1, 0.15) is 26.7 Å². The monoisotopic (exact) mass is 840 g/mol. The summed E-state index contributed by atoms with van der Waals surface area (Å²) in [7, 11) is 36.8. The third kappa shape index (κ3) is 12.4. The molecule has 0 heterocycles. The predicted octanol–water partition coefficient (Wildman–Crippen LogP) is 7.37. The molecule has 52 heavy (non-hydrogen) atoms. The second-order valence-electron chi connectivity index (χ2n) is 14.9. The van der Waals surface area contributed by atoms with Gasteiger partial charge in [-0.05, 0) is 187 Å². The summed E-state index contributed by atoms with van der Waals surface area (Å²) < 4.78 is 51.2. The minimum atomic E-state index is -3.43. The van der Waals surface area contributed by atoms with Gasteiger partial charge >= 0.3 is 7.87 Å². The molecule has 17 nitrogen and oxygen atoms in total. The molecule has 0 aliphatic rings. The molecule has 316 valence electrons. The van der Waals surface area contributed by atoms with Crippen molar-refractivity contribution >= 4 is 37.9 Å². The van der Waals surface area contributed by atoms with Crippen molar-refractivity contribution in [3.63, 3.8) is 0 Å². The Bertz CT molecular complexity index is 959. The van der Waals surface area contributed by atoms with E-state index >= 15 is 0 Å². The molecule has 0 N–H and O–H groups in total. The van der Waals surface area contributed by atoms with Gasteiger partial charge in [0.1, 0.15) is 0 Å². The van der Waals surface area contributed by atoms with Crippen LogP contribution in [0, 0.1) is 0 Å². The van der Waals surface area contributed by atoms with Crippen molar-refractivity contribution in [2.24, 2.45) is 18.1 Å². The molecule has 0 amide bonds. The number of nitrogens with zero attached hydrogens (tertiary/aromatic N) is 17. The average Bonchev–Trinajstić information content (AvgIpc) is 2.98. The molecule has 22 heteroatoms. The van der Waals surface area contributed by atoms with Crippen LogP contribution in [0.5, 0.6) is 0 Å². The molecule has 0 radical (unpaired) electrons. The van der Waals surface area contributed by atoms with Gasteiger partial charge < -0.3 is 5.32 Å². The Morgan fingerprint density at radius 2 is 0.442 bits per heavy atom. The van der Waals surface area contributed by atoms with E-state index in [0.29, 0.717) is 0 Å². The van der Waals surface area contributed by atoms with Crippen molar-refractivity contribution in [2.75, 3.05) is 182 Å². The predicted molar refractivity (Wildman–Crippen MR) is 242 cm³/mol. The van der Waals surface area contributed by atoms with Crippen LogP contribution >= 0.6 is 37.9 Å². The summed E-state index contributed by atoms with van der Waals surface area (Å²) in [6.07, 6.45) is 2.39. The summed E-state index contributed by atoms with van der Waals surface area (Å²) in [5, 5.41) is 4.21. The quantitative estimate of drug-likeness (QED) is 0.0905. The molecule has 0 aromatic rings. The Morgan fingerprint density at radius 1 is 0.308 bits per heavy atom.